The van der Waals surface area contributed by atoms with Crippen molar-refractivity contribution in [2.45, 2.75) is 13.0 Å². The van der Waals surface area contributed by atoms with Gasteiger partial charge in [-0.25, -0.2) is 14.6 Å². The summed E-state index contributed by atoms with van der Waals surface area (Å²) in [4.78, 5) is 40.6. The lowest BCUT2D eigenvalue weighted by molar-refractivity contribution is -0.134. The Bertz CT molecular complexity index is 1580. The van der Waals surface area contributed by atoms with Gasteiger partial charge in [-0.1, -0.05) is 12.1 Å². The third-order valence-corrected chi connectivity index (χ3v) is 5.36. The number of nitrogen functional groups attached to an aromatic ring is 1. The van der Waals surface area contributed by atoms with Crippen molar-refractivity contribution < 1.29 is 29.3 Å². The van der Waals surface area contributed by atoms with Crippen molar-refractivity contribution >= 4 is 23.5 Å². The zero-order valence-electron chi connectivity index (χ0n) is 21.7. The molecule has 4 aromatic rings. The number of H-pyrrole nitrogens is 1. The van der Waals surface area contributed by atoms with E-state index in [4.69, 9.17) is 30.5 Å². The minimum absolute atomic E-state index is 0.0673. The minimum Gasteiger partial charge on any atom is -0.491 e. The summed E-state index contributed by atoms with van der Waals surface area (Å²) < 4.78 is 11.6. The van der Waals surface area contributed by atoms with Crippen molar-refractivity contribution in [1.82, 2.24) is 19.7 Å². The van der Waals surface area contributed by atoms with E-state index in [2.05, 4.69) is 20.4 Å². The number of carbonyl (C=O) groups is 2. The third-order valence-electron chi connectivity index (χ3n) is 5.36. The second kappa shape index (κ2) is 12.7. The molecule has 0 bridgehead atoms. The van der Waals surface area contributed by atoms with Crippen molar-refractivity contribution in [3.05, 3.63) is 93.8 Å². The second-order valence-corrected chi connectivity index (χ2v) is 8.12. The van der Waals surface area contributed by atoms with Gasteiger partial charge in [0.25, 0.3) is 11.8 Å². The SMILES string of the molecule is CC(=O)O.COc1cc(C(Nc2ccc(C(=N)N)cc2)c2nn(-c3ccccc3C(=O)O)c(=O)[nH]2)cnc1OC. The lowest BCUT2D eigenvalue weighted by Gasteiger charge is -2.19. The molecule has 1 atom stereocenters. The van der Waals surface area contributed by atoms with Gasteiger partial charge in [-0.3, -0.25) is 15.2 Å². The van der Waals surface area contributed by atoms with E-state index in [0.29, 0.717) is 22.6 Å². The number of para-hydroxylation sites is 1. The fraction of sp³-hybridized carbons (Fsp3) is 0.154. The van der Waals surface area contributed by atoms with Gasteiger partial charge in [0.2, 0.25) is 0 Å². The van der Waals surface area contributed by atoms with Gasteiger partial charge < -0.3 is 30.7 Å². The predicted octanol–water partition coefficient (Wildman–Crippen LogP) is 2.25. The summed E-state index contributed by atoms with van der Waals surface area (Å²) in [6.45, 7) is 1.08. The average molecular weight is 550 g/mol. The topological polar surface area (TPSA) is 219 Å². The number of nitrogens with two attached hydrogens (primary N) is 1. The Kier molecular flexibility index (Phi) is 9.20. The quantitative estimate of drug-likeness (QED) is 0.131. The highest BCUT2D eigenvalue weighted by atomic mass is 16.5. The monoisotopic (exact) mass is 549 g/mol. The number of aromatic carboxylic acids is 1. The van der Waals surface area contributed by atoms with Crippen LogP contribution in [0.2, 0.25) is 0 Å². The number of benzene rings is 2. The number of anilines is 1. The van der Waals surface area contributed by atoms with Gasteiger partial charge >= 0.3 is 11.7 Å². The van der Waals surface area contributed by atoms with E-state index < -0.39 is 23.7 Å². The van der Waals surface area contributed by atoms with Crippen molar-refractivity contribution in [1.29, 1.82) is 5.41 Å². The molecule has 208 valence electrons. The summed E-state index contributed by atoms with van der Waals surface area (Å²) in [6.07, 6.45) is 1.55. The van der Waals surface area contributed by atoms with Crippen LogP contribution in [0.4, 0.5) is 5.69 Å². The van der Waals surface area contributed by atoms with Crippen molar-refractivity contribution in [3.8, 4) is 17.3 Å². The number of carboxylic acid groups (broad SMARTS) is 2. The van der Waals surface area contributed by atoms with Crippen LogP contribution < -0.4 is 26.2 Å². The van der Waals surface area contributed by atoms with Crippen LogP contribution in [0, 0.1) is 5.41 Å². The van der Waals surface area contributed by atoms with Gasteiger partial charge in [0.1, 0.15) is 11.9 Å². The van der Waals surface area contributed by atoms with Crippen LogP contribution in [0.1, 0.15) is 40.3 Å². The molecule has 0 aliphatic carbocycles. The molecule has 2 heterocycles. The number of nitrogens with zero attached hydrogens (tertiary/aromatic N) is 3. The Morgan fingerprint density at radius 3 is 2.33 bits per heavy atom. The molecule has 0 aliphatic rings. The zero-order valence-corrected chi connectivity index (χ0v) is 21.7. The Balaban J connectivity index is 0.00000103. The normalized spacial score (nSPS) is 11.0. The number of pyridine rings is 1. The molecule has 2 aromatic carbocycles. The van der Waals surface area contributed by atoms with Crippen molar-refractivity contribution in [2.24, 2.45) is 5.73 Å². The van der Waals surface area contributed by atoms with Gasteiger partial charge in [0.15, 0.2) is 11.6 Å². The van der Waals surface area contributed by atoms with Gasteiger partial charge in [-0.2, -0.15) is 4.68 Å². The summed E-state index contributed by atoms with van der Waals surface area (Å²) in [7, 11) is 2.95. The number of hydrogen-bond acceptors (Lipinski definition) is 9. The highest BCUT2D eigenvalue weighted by Crippen LogP contribution is 2.31. The van der Waals surface area contributed by atoms with Gasteiger partial charge in [-0.05, 0) is 42.5 Å². The molecule has 2 aromatic heterocycles. The second-order valence-electron chi connectivity index (χ2n) is 8.12. The van der Waals surface area contributed by atoms with Gasteiger partial charge in [-0.15, -0.1) is 5.10 Å². The van der Waals surface area contributed by atoms with Crippen LogP contribution >= 0.6 is 0 Å². The first-order chi connectivity index (χ1) is 19.0. The Labute approximate surface area is 227 Å². The Morgan fingerprint density at radius 2 is 1.75 bits per heavy atom. The maximum Gasteiger partial charge on any atom is 0.348 e. The molecule has 14 nitrogen and oxygen atoms in total. The Morgan fingerprint density at radius 1 is 1.10 bits per heavy atom. The molecule has 7 N–H and O–H groups in total. The van der Waals surface area contributed by atoms with Crippen LogP contribution in [0.25, 0.3) is 5.69 Å². The van der Waals surface area contributed by atoms with Gasteiger partial charge in [0, 0.05) is 29.9 Å². The largest absolute Gasteiger partial charge is 0.491 e. The van der Waals surface area contributed by atoms with Crippen LogP contribution in [-0.4, -0.2) is 62.0 Å². The number of aromatic amines is 1. The predicted molar refractivity (Wildman–Crippen MR) is 145 cm³/mol. The number of ether oxygens (including phenoxy) is 2. The van der Waals surface area contributed by atoms with Crippen LogP contribution in [0.15, 0.2) is 65.6 Å². The van der Waals surface area contributed by atoms with E-state index in [-0.39, 0.29) is 28.8 Å². The van der Waals surface area contributed by atoms with Gasteiger partial charge in [0.05, 0.1) is 25.5 Å². The third kappa shape index (κ3) is 6.80. The van der Waals surface area contributed by atoms with Crippen LogP contribution in [-0.2, 0) is 4.79 Å². The number of aromatic nitrogens is 4. The van der Waals surface area contributed by atoms with Crippen molar-refractivity contribution in [3.63, 3.8) is 0 Å². The smallest absolute Gasteiger partial charge is 0.348 e. The first-order valence-electron chi connectivity index (χ1n) is 11.6. The van der Waals surface area contributed by atoms with Crippen LogP contribution in [0.5, 0.6) is 11.6 Å². The first-order valence-corrected chi connectivity index (χ1v) is 11.6. The first kappa shape index (κ1) is 28.9. The van der Waals surface area contributed by atoms with E-state index in [9.17, 15) is 14.7 Å². The number of aliphatic carboxylic acids is 1. The Hall–Kier alpha value is -5.66. The molecule has 0 saturated carbocycles. The molecule has 4 rings (SSSR count). The van der Waals surface area contributed by atoms with E-state index in [1.807, 2.05) is 0 Å². The molecule has 0 spiro atoms. The van der Waals surface area contributed by atoms with E-state index in [1.54, 1.807) is 48.7 Å². The maximum atomic E-state index is 12.9. The molecule has 0 saturated heterocycles. The molecule has 0 radical (unpaired) electrons. The number of nitrogens with one attached hydrogen (secondary N) is 3. The number of carboxylic acids is 2. The maximum absolute atomic E-state index is 12.9. The highest BCUT2D eigenvalue weighted by molar-refractivity contribution is 5.95. The summed E-state index contributed by atoms with van der Waals surface area (Å²) in [5, 5.41) is 32.2. The highest BCUT2D eigenvalue weighted by Gasteiger charge is 2.24. The molecular formula is C26H27N7O7. The summed E-state index contributed by atoms with van der Waals surface area (Å²) in [5.41, 5.74) is 6.74. The molecule has 0 aliphatic heterocycles. The number of methoxy groups -OCH3 is 2. The van der Waals surface area contributed by atoms with E-state index >= 15 is 0 Å². The molecule has 0 fully saturated rings. The lowest BCUT2D eigenvalue weighted by Crippen LogP contribution is -2.18. The van der Waals surface area contributed by atoms with Crippen molar-refractivity contribution in [2.75, 3.05) is 19.5 Å². The standard InChI is InChI=1S/C24H23N7O5.C2H4O2/c1-35-18-11-14(12-27-22(18)36-2)19(28-15-9-7-13(8-10-15)20(25)26)21-29-24(34)31(30-21)17-6-4-3-5-16(17)23(32)33;1-2(3)4/h3-12,19,28H,1-2H3,(H3,25,26)(H,32,33)(H,29,30,34);1H3,(H,3,4). The fourth-order valence-electron chi connectivity index (χ4n) is 3.60. The summed E-state index contributed by atoms with van der Waals surface area (Å²) >= 11 is 0. The number of hydrogen-bond donors (Lipinski definition) is 6. The number of rotatable bonds is 9. The van der Waals surface area contributed by atoms with Crippen LogP contribution in [0.3, 0.4) is 0 Å². The van der Waals surface area contributed by atoms with E-state index in [0.717, 1.165) is 11.6 Å². The summed E-state index contributed by atoms with van der Waals surface area (Å²) in [6, 6.07) is 13.8. The van der Waals surface area contributed by atoms with E-state index in [1.165, 1.54) is 26.4 Å². The lowest BCUT2D eigenvalue weighted by atomic mass is 10.1. The average Bonchev–Trinajstić information content (AvgIpc) is 3.32. The molecule has 0 amide bonds. The molecule has 14 heteroatoms. The minimum atomic E-state index is -1.19. The number of amidine groups is 1. The summed E-state index contributed by atoms with van der Waals surface area (Å²) in [5.74, 6) is -1.24. The molecular weight excluding hydrogens is 522 g/mol. The molecule has 40 heavy (non-hydrogen) atoms. The molecule has 1 unspecified atom stereocenters. The zero-order chi connectivity index (χ0) is 29.4. The fourth-order valence-corrected chi connectivity index (χ4v) is 3.60.